The van der Waals surface area contributed by atoms with E-state index in [1.165, 1.54) is 38.5 Å². The Morgan fingerprint density at radius 1 is 0.529 bits per heavy atom. The quantitative estimate of drug-likeness (QED) is 0.638. The first kappa shape index (κ1) is 8.89. The zero-order chi connectivity index (χ0) is 11.0. The van der Waals surface area contributed by atoms with Gasteiger partial charge < -0.3 is 14.2 Å². The summed E-state index contributed by atoms with van der Waals surface area (Å²) >= 11 is 0. The molecule has 1 spiro atoms. The molecule has 0 unspecified atom stereocenters. The van der Waals surface area contributed by atoms with Crippen LogP contribution in [0.1, 0.15) is 38.5 Å². The van der Waals surface area contributed by atoms with E-state index in [0.29, 0.717) is 5.41 Å². The molecule has 0 bridgehead atoms. The van der Waals surface area contributed by atoms with E-state index in [4.69, 9.17) is 14.2 Å². The molecule has 3 heterocycles. The topological polar surface area (TPSA) is 27.7 Å². The second-order valence-corrected chi connectivity index (χ2v) is 7.38. The number of rotatable bonds is 0. The molecule has 17 heavy (non-hydrogen) atoms. The molecule has 0 amide bonds. The Morgan fingerprint density at radius 3 is 1.35 bits per heavy atom. The average molecular weight is 234 g/mol. The fourth-order valence-corrected chi connectivity index (χ4v) is 7.49. The highest BCUT2D eigenvalue weighted by Crippen LogP contribution is 2.88. The molecule has 0 aromatic carbocycles. The Labute approximate surface area is 101 Å². The highest BCUT2D eigenvalue weighted by atomic mass is 16.6. The van der Waals surface area contributed by atoms with Gasteiger partial charge in [0.1, 0.15) is 16.8 Å². The molecule has 3 aliphatic carbocycles. The Kier molecular flexibility index (Phi) is 1.05. The van der Waals surface area contributed by atoms with Gasteiger partial charge in [-0.2, -0.15) is 0 Å². The molecule has 6 aliphatic rings. The van der Waals surface area contributed by atoms with Crippen LogP contribution in [-0.4, -0.2) is 36.6 Å². The molecule has 3 nitrogen and oxygen atoms in total. The summed E-state index contributed by atoms with van der Waals surface area (Å²) in [4.78, 5) is 0. The van der Waals surface area contributed by atoms with Crippen LogP contribution in [-0.2, 0) is 14.2 Å². The summed E-state index contributed by atoms with van der Waals surface area (Å²) < 4.78 is 19.1. The lowest BCUT2D eigenvalue weighted by Crippen LogP contribution is -2.56. The zero-order valence-corrected chi connectivity index (χ0v) is 10.1. The van der Waals surface area contributed by atoms with Crippen molar-refractivity contribution in [2.45, 2.75) is 55.3 Å². The Balaban J connectivity index is 1.81. The zero-order valence-electron chi connectivity index (χ0n) is 10.1. The molecule has 3 saturated heterocycles. The number of hydrogen-bond acceptors (Lipinski definition) is 3. The van der Waals surface area contributed by atoms with E-state index >= 15 is 0 Å². The third-order valence-electron chi connectivity index (χ3n) is 7.61. The summed E-state index contributed by atoms with van der Waals surface area (Å²) in [6.45, 7) is 2.54. The minimum Gasteiger partial charge on any atom is -0.369 e. The van der Waals surface area contributed by atoms with Gasteiger partial charge in [0.25, 0.3) is 0 Å². The van der Waals surface area contributed by atoms with Crippen molar-refractivity contribution in [1.82, 2.24) is 0 Å². The lowest BCUT2D eigenvalue weighted by molar-refractivity contribution is -0.0453. The van der Waals surface area contributed by atoms with Crippen LogP contribution in [0.4, 0.5) is 0 Å². The minimum absolute atomic E-state index is 0.0382. The first-order valence-corrected chi connectivity index (χ1v) is 7.16. The van der Waals surface area contributed by atoms with Crippen LogP contribution in [0.15, 0.2) is 0 Å². The fourth-order valence-electron chi connectivity index (χ4n) is 7.49. The molecular formula is C14H18O3. The SMILES string of the molecule is C1C[C@@]23CO[C@@]45CCC16CC[C@@](CO2)(OC4)C635. The van der Waals surface area contributed by atoms with Crippen molar-refractivity contribution in [2.75, 3.05) is 19.8 Å². The van der Waals surface area contributed by atoms with Crippen LogP contribution in [0.3, 0.4) is 0 Å². The highest BCUT2D eigenvalue weighted by molar-refractivity contribution is 5.43. The Hall–Kier alpha value is -0.120. The summed E-state index contributed by atoms with van der Waals surface area (Å²) in [5.74, 6) is 0. The maximum absolute atomic E-state index is 6.36. The van der Waals surface area contributed by atoms with Crippen LogP contribution < -0.4 is 0 Å². The van der Waals surface area contributed by atoms with Crippen LogP contribution in [0.5, 0.6) is 0 Å². The maximum atomic E-state index is 6.36. The summed E-state index contributed by atoms with van der Waals surface area (Å²) in [5.41, 5.74) is 0.875. The van der Waals surface area contributed by atoms with E-state index in [9.17, 15) is 0 Å². The van der Waals surface area contributed by atoms with E-state index in [1.54, 1.807) is 0 Å². The van der Waals surface area contributed by atoms with Crippen molar-refractivity contribution in [3.8, 4) is 0 Å². The van der Waals surface area contributed by atoms with Gasteiger partial charge in [0, 0.05) is 0 Å². The molecule has 3 heteroatoms. The Morgan fingerprint density at radius 2 is 0.941 bits per heavy atom. The van der Waals surface area contributed by atoms with Gasteiger partial charge in [-0.3, -0.25) is 0 Å². The molecule has 92 valence electrons. The van der Waals surface area contributed by atoms with Crippen molar-refractivity contribution < 1.29 is 14.2 Å². The maximum Gasteiger partial charge on any atom is 0.103 e. The van der Waals surface area contributed by atoms with Crippen LogP contribution in [0, 0.1) is 10.8 Å². The highest BCUT2D eigenvalue weighted by Gasteiger charge is 2.96. The first-order chi connectivity index (χ1) is 8.24. The predicted octanol–water partition coefficient (Wildman–Crippen LogP) is 1.65. The van der Waals surface area contributed by atoms with Gasteiger partial charge in [-0.05, 0) is 43.9 Å². The molecule has 0 aromatic rings. The lowest BCUT2D eigenvalue weighted by atomic mass is 9.58. The van der Waals surface area contributed by atoms with Crippen molar-refractivity contribution in [2.24, 2.45) is 10.8 Å². The molecule has 6 fully saturated rings. The normalized spacial score (nSPS) is 73.4. The third kappa shape index (κ3) is 0.504. The number of ether oxygens (including phenoxy) is 3. The number of hydrogen-bond donors (Lipinski definition) is 0. The van der Waals surface area contributed by atoms with Crippen molar-refractivity contribution >= 4 is 0 Å². The van der Waals surface area contributed by atoms with E-state index in [0.717, 1.165) is 19.8 Å². The second kappa shape index (κ2) is 2.00. The molecule has 6 rings (SSSR count). The van der Waals surface area contributed by atoms with Gasteiger partial charge in [0.15, 0.2) is 0 Å². The molecule has 0 N–H and O–H groups in total. The van der Waals surface area contributed by atoms with Crippen molar-refractivity contribution in [3.05, 3.63) is 0 Å². The van der Waals surface area contributed by atoms with Gasteiger partial charge in [-0.25, -0.2) is 0 Å². The largest absolute Gasteiger partial charge is 0.369 e. The third-order valence-corrected chi connectivity index (χ3v) is 7.61. The van der Waals surface area contributed by atoms with Crippen molar-refractivity contribution in [1.29, 1.82) is 0 Å². The summed E-state index contributed by atoms with van der Waals surface area (Å²) in [7, 11) is 0. The molecule has 0 aromatic heterocycles. The van der Waals surface area contributed by atoms with Gasteiger partial charge in [-0.1, -0.05) is 0 Å². The van der Waals surface area contributed by atoms with E-state index in [2.05, 4.69) is 0 Å². The van der Waals surface area contributed by atoms with Gasteiger partial charge in [0.2, 0.25) is 0 Å². The van der Waals surface area contributed by atoms with Crippen molar-refractivity contribution in [3.63, 3.8) is 0 Å². The monoisotopic (exact) mass is 234 g/mol. The molecule has 3 aliphatic heterocycles. The van der Waals surface area contributed by atoms with Gasteiger partial charge in [-0.15, -0.1) is 0 Å². The smallest absolute Gasteiger partial charge is 0.103 e. The van der Waals surface area contributed by atoms with E-state index < -0.39 is 0 Å². The lowest BCUT2D eigenvalue weighted by Gasteiger charge is -2.43. The van der Waals surface area contributed by atoms with E-state index in [-0.39, 0.29) is 22.2 Å². The van der Waals surface area contributed by atoms with E-state index in [1.807, 2.05) is 0 Å². The van der Waals surface area contributed by atoms with Crippen LogP contribution in [0.2, 0.25) is 0 Å². The first-order valence-electron chi connectivity index (χ1n) is 7.16. The summed E-state index contributed by atoms with van der Waals surface area (Å²) in [6.07, 6.45) is 7.76. The average Bonchev–Trinajstić information content (AvgIpc) is 3.05. The Bertz CT molecular complexity index is 320. The summed E-state index contributed by atoms with van der Waals surface area (Å²) in [5, 5.41) is 0. The standard InChI is InChI=1S/C14H18O3/c1-4-11-7-16-13-6-3-10(1)2-5-12(8-15-11,17-9-13)14(10,11)13/h1-9H2/t10?,11-,12-,13-,14?/m0/s1. The van der Waals surface area contributed by atoms with Crippen LogP contribution >= 0.6 is 0 Å². The fraction of sp³-hybridized carbons (Fsp3) is 1.00. The molecule has 0 radical (unpaired) electrons. The molecule has 3 saturated carbocycles. The van der Waals surface area contributed by atoms with Gasteiger partial charge in [0.05, 0.1) is 25.2 Å². The summed E-state index contributed by atoms with van der Waals surface area (Å²) in [6, 6.07) is 0. The molecule has 3 atom stereocenters. The molecular weight excluding hydrogens is 216 g/mol. The second-order valence-electron chi connectivity index (χ2n) is 7.38. The minimum atomic E-state index is 0.0382. The van der Waals surface area contributed by atoms with Crippen LogP contribution in [0.25, 0.3) is 0 Å². The predicted molar refractivity (Wildman–Crippen MR) is 58.6 cm³/mol. The van der Waals surface area contributed by atoms with Gasteiger partial charge >= 0.3 is 0 Å².